The monoisotopic (exact) mass is 409 g/mol. The van der Waals surface area contributed by atoms with E-state index in [0.29, 0.717) is 5.92 Å². The number of hydrogen-bond acceptors (Lipinski definition) is 4. The van der Waals surface area contributed by atoms with Crippen molar-refractivity contribution in [3.8, 4) is 16.6 Å². The number of hydrogen-bond donors (Lipinski definition) is 1. The normalized spacial score (nSPS) is 11.4. The van der Waals surface area contributed by atoms with Crippen molar-refractivity contribution < 1.29 is 0 Å². The van der Waals surface area contributed by atoms with Crippen LogP contribution in [0.25, 0.3) is 38.6 Å². The zero-order valence-corrected chi connectivity index (χ0v) is 17.2. The molecule has 0 amide bonds. The van der Waals surface area contributed by atoms with Gasteiger partial charge in [0.1, 0.15) is 5.69 Å². The summed E-state index contributed by atoms with van der Waals surface area (Å²) in [5.74, 6) is 1.39. The Kier molecular flexibility index (Phi) is 4.91. The van der Waals surface area contributed by atoms with Crippen molar-refractivity contribution in [3.63, 3.8) is 0 Å². The molecule has 7 heteroatoms. The predicted molar refractivity (Wildman–Crippen MR) is 118 cm³/mol. The second-order valence-corrected chi connectivity index (χ2v) is 7.97. The minimum Gasteiger partial charge on any atom is -0.337 e. The van der Waals surface area contributed by atoms with Gasteiger partial charge in [0.05, 0.1) is 16.6 Å². The Morgan fingerprint density at radius 2 is 2.00 bits per heavy atom. The fourth-order valence-electron chi connectivity index (χ4n) is 3.46. The van der Waals surface area contributed by atoms with Crippen molar-refractivity contribution in [2.45, 2.75) is 20.3 Å². The van der Waals surface area contributed by atoms with E-state index >= 15 is 0 Å². The van der Waals surface area contributed by atoms with Gasteiger partial charge in [0.25, 0.3) is 0 Å². The van der Waals surface area contributed by atoms with E-state index in [1.807, 2.05) is 36.7 Å². The summed E-state index contributed by atoms with van der Waals surface area (Å²) in [7, 11) is 0. The maximum atomic E-state index is 4.86. The topological polar surface area (TPSA) is 59.4 Å². The van der Waals surface area contributed by atoms with Gasteiger partial charge in [-0.25, -0.2) is 9.97 Å². The summed E-state index contributed by atoms with van der Waals surface area (Å²) in [6.45, 7) is 4.48. The molecule has 0 fully saturated rings. The third-order valence-corrected chi connectivity index (χ3v) is 5.49. The van der Waals surface area contributed by atoms with Crippen molar-refractivity contribution in [2.75, 3.05) is 0 Å². The second-order valence-electron chi connectivity index (χ2n) is 7.13. The first-order chi connectivity index (χ1) is 13.2. The lowest BCUT2D eigenvalue weighted by Gasteiger charge is -2.01. The van der Waals surface area contributed by atoms with E-state index in [1.54, 1.807) is 11.3 Å². The fourth-order valence-corrected chi connectivity index (χ4v) is 4.26. The van der Waals surface area contributed by atoms with Crippen molar-refractivity contribution >= 4 is 45.7 Å². The Balaban J connectivity index is 0.00000192. The molecule has 1 aromatic carbocycles. The lowest BCUT2D eigenvalue weighted by Crippen LogP contribution is -1.93. The molecule has 0 aliphatic carbocycles. The van der Waals surface area contributed by atoms with Crippen LogP contribution in [0.15, 0.2) is 54.3 Å². The molecule has 0 atom stereocenters. The molecule has 0 radical (unpaired) electrons. The van der Waals surface area contributed by atoms with E-state index in [1.165, 1.54) is 10.9 Å². The van der Waals surface area contributed by atoms with Gasteiger partial charge in [-0.2, -0.15) is 0 Å². The molecule has 0 saturated heterocycles. The van der Waals surface area contributed by atoms with Crippen LogP contribution in [0.3, 0.4) is 0 Å². The zero-order chi connectivity index (χ0) is 18.4. The van der Waals surface area contributed by atoms with Crippen LogP contribution in [0, 0.1) is 5.92 Å². The Morgan fingerprint density at radius 3 is 2.82 bits per heavy atom. The number of pyridine rings is 1. The number of fused-ring (bicyclic) bond motifs is 2. The highest BCUT2D eigenvalue weighted by Crippen LogP contribution is 2.30. The SMILES string of the molecule is CC(C)Cc1cn(-c2nc(-c3nc4ccccc4[nH]3)cs2)c2ccncc12.Cl. The standard InChI is InChI=1S/C21H19N5S.ClH/c1-13(2)9-14-11-26(19-7-8-22-10-15(14)19)21-25-18(12-27-21)20-23-16-5-3-4-6-17(16)24-20;/h3-8,10-13H,9H2,1-2H3,(H,23,24);1H. The molecule has 5 aromatic rings. The summed E-state index contributed by atoms with van der Waals surface area (Å²) < 4.78 is 2.17. The van der Waals surface area contributed by atoms with Gasteiger partial charge >= 0.3 is 0 Å². The summed E-state index contributed by atoms with van der Waals surface area (Å²) in [5, 5.41) is 4.20. The molecule has 5 rings (SSSR count). The summed E-state index contributed by atoms with van der Waals surface area (Å²) in [5.41, 5.74) is 5.31. The highest BCUT2D eigenvalue weighted by atomic mass is 35.5. The number of nitrogens with one attached hydrogen (secondary N) is 1. The molecule has 0 saturated carbocycles. The van der Waals surface area contributed by atoms with Gasteiger partial charge in [0.2, 0.25) is 0 Å². The molecule has 4 aromatic heterocycles. The van der Waals surface area contributed by atoms with Gasteiger partial charge < -0.3 is 4.98 Å². The minimum absolute atomic E-state index is 0. The highest BCUT2D eigenvalue weighted by molar-refractivity contribution is 7.12. The molecule has 1 N–H and O–H groups in total. The van der Waals surface area contributed by atoms with Gasteiger partial charge in [-0.3, -0.25) is 9.55 Å². The highest BCUT2D eigenvalue weighted by Gasteiger charge is 2.15. The number of H-pyrrole nitrogens is 1. The quantitative estimate of drug-likeness (QED) is 0.417. The fraction of sp³-hybridized carbons (Fsp3) is 0.190. The van der Waals surface area contributed by atoms with E-state index in [2.05, 4.69) is 51.0 Å². The number of thiazole rings is 1. The van der Waals surface area contributed by atoms with Crippen LogP contribution in [-0.2, 0) is 6.42 Å². The molecule has 5 nitrogen and oxygen atoms in total. The smallest absolute Gasteiger partial charge is 0.194 e. The first-order valence-electron chi connectivity index (χ1n) is 9.04. The maximum absolute atomic E-state index is 4.86. The molecule has 0 bridgehead atoms. The summed E-state index contributed by atoms with van der Waals surface area (Å²) in [6.07, 6.45) is 7.02. The van der Waals surface area contributed by atoms with Crippen molar-refractivity contribution in [2.24, 2.45) is 5.92 Å². The van der Waals surface area contributed by atoms with Crippen LogP contribution >= 0.6 is 23.7 Å². The van der Waals surface area contributed by atoms with E-state index < -0.39 is 0 Å². The Labute approximate surface area is 172 Å². The largest absolute Gasteiger partial charge is 0.337 e. The molecule has 0 unspecified atom stereocenters. The zero-order valence-electron chi connectivity index (χ0n) is 15.6. The van der Waals surface area contributed by atoms with E-state index in [0.717, 1.165) is 39.6 Å². The molecule has 142 valence electrons. The lowest BCUT2D eigenvalue weighted by molar-refractivity contribution is 0.649. The number of nitrogens with zero attached hydrogens (tertiary/aromatic N) is 4. The van der Waals surface area contributed by atoms with Gasteiger partial charge in [0.15, 0.2) is 11.0 Å². The van der Waals surface area contributed by atoms with E-state index in [-0.39, 0.29) is 12.4 Å². The molecular formula is C21H20ClN5S. The van der Waals surface area contributed by atoms with E-state index in [4.69, 9.17) is 4.98 Å². The van der Waals surface area contributed by atoms with Gasteiger partial charge in [0, 0.05) is 29.4 Å². The lowest BCUT2D eigenvalue weighted by atomic mass is 10.0. The predicted octanol–water partition coefficient (Wildman–Crippen LogP) is 5.65. The molecule has 4 heterocycles. The van der Waals surface area contributed by atoms with E-state index in [9.17, 15) is 0 Å². The minimum atomic E-state index is 0. The molecule has 0 aliphatic heterocycles. The molecular weight excluding hydrogens is 390 g/mol. The number of para-hydroxylation sites is 2. The summed E-state index contributed by atoms with van der Waals surface area (Å²) in [6, 6.07) is 10.1. The van der Waals surface area contributed by atoms with Gasteiger partial charge in [-0.1, -0.05) is 26.0 Å². The first-order valence-corrected chi connectivity index (χ1v) is 9.92. The van der Waals surface area contributed by atoms with Crippen LogP contribution in [-0.4, -0.2) is 24.5 Å². The number of benzene rings is 1. The van der Waals surface area contributed by atoms with Crippen molar-refractivity contribution in [1.82, 2.24) is 24.5 Å². The Bertz CT molecular complexity index is 1220. The third kappa shape index (κ3) is 3.19. The number of imidazole rings is 1. The summed E-state index contributed by atoms with van der Waals surface area (Å²) >= 11 is 1.63. The van der Waals surface area contributed by atoms with Crippen LogP contribution in [0.5, 0.6) is 0 Å². The summed E-state index contributed by atoms with van der Waals surface area (Å²) in [4.78, 5) is 17.2. The average Bonchev–Trinajstić information content (AvgIpc) is 3.38. The Hall–Kier alpha value is -2.70. The van der Waals surface area contributed by atoms with Crippen molar-refractivity contribution in [1.29, 1.82) is 0 Å². The second kappa shape index (κ2) is 7.37. The third-order valence-electron chi connectivity index (χ3n) is 4.65. The van der Waals surface area contributed by atoms with Crippen LogP contribution in [0.4, 0.5) is 0 Å². The van der Waals surface area contributed by atoms with Gasteiger partial charge in [-0.05, 0) is 36.1 Å². The van der Waals surface area contributed by atoms with Crippen LogP contribution in [0.2, 0.25) is 0 Å². The molecule has 0 spiro atoms. The number of halogens is 1. The van der Waals surface area contributed by atoms with Gasteiger partial charge in [-0.15, -0.1) is 23.7 Å². The van der Waals surface area contributed by atoms with Crippen LogP contribution < -0.4 is 0 Å². The van der Waals surface area contributed by atoms with Crippen LogP contribution in [0.1, 0.15) is 19.4 Å². The molecule has 0 aliphatic rings. The number of rotatable bonds is 4. The Morgan fingerprint density at radius 1 is 1.14 bits per heavy atom. The maximum Gasteiger partial charge on any atom is 0.194 e. The average molecular weight is 410 g/mol. The first kappa shape index (κ1) is 18.7. The van der Waals surface area contributed by atoms with Crippen molar-refractivity contribution in [3.05, 3.63) is 59.9 Å². The molecule has 28 heavy (non-hydrogen) atoms. The number of aromatic amines is 1. The number of aromatic nitrogens is 5.